The Labute approximate surface area is 181 Å². The topological polar surface area (TPSA) is 84.1 Å². The number of nitrogens with one attached hydrogen (secondary N) is 1. The molecule has 2 amide bonds. The van der Waals surface area contributed by atoms with Crippen molar-refractivity contribution in [3.63, 3.8) is 0 Å². The van der Waals surface area contributed by atoms with Gasteiger partial charge in [-0.3, -0.25) is 9.59 Å². The number of alkyl halides is 2. The van der Waals surface area contributed by atoms with Gasteiger partial charge in [0.25, 0.3) is 5.91 Å². The first-order valence-corrected chi connectivity index (χ1v) is 9.94. The van der Waals surface area contributed by atoms with Crippen molar-refractivity contribution in [2.45, 2.75) is 12.8 Å². The fourth-order valence-corrected chi connectivity index (χ4v) is 3.93. The quantitative estimate of drug-likeness (QED) is 0.670. The number of hydrogen-bond donors (Lipinski definition) is 1. The van der Waals surface area contributed by atoms with E-state index in [0.29, 0.717) is 23.6 Å². The summed E-state index contributed by atoms with van der Waals surface area (Å²) in [5.74, 6) is -0.0313. The molecule has 5 rings (SSSR count). The monoisotopic (exact) mass is 443 g/mol. The summed E-state index contributed by atoms with van der Waals surface area (Å²) in [6, 6.07) is 11.7. The second kappa shape index (κ2) is 7.40. The van der Waals surface area contributed by atoms with Gasteiger partial charge in [-0.1, -0.05) is 12.1 Å². The molecule has 1 saturated heterocycles. The number of amides is 2. The molecule has 2 aliphatic rings. The van der Waals surface area contributed by atoms with Crippen molar-refractivity contribution in [3.05, 3.63) is 53.7 Å². The van der Waals surface area contributed by atoms with Gasteiger partial charge in [-0.15, -0.1) is 8.78 Å². The van der Waals surface area contributed by atoms with E-state index in [0.717, 1.165) is 10.9 Å². The Bertz CT molecular complexity index is 1230. The van der Waals surface area contributed by atoms with E-state index in [4.69, 9.17) is 4.74 Å². The Hall–Kier alpha value is -3.82. The first-order chi connectivity index (χ1) is 15.3. The molecule has 8 nitrogen and oxygen atoms in total. The number of hydrogen-bond acceptors (Lipinski definition) is 5. The first kappa shape index (κ1) is 20.1. The van der Waals surface area contributed by atoms with Crippen LogP contribution >= 0.6 is 0 Å². The highest BCUT2D eigenvalue weighted by Gasteiger charge is 2.44. The molecular weight excluding hydrogens is 424 g/mol. The fraction of sp³-hybridized carbons (Fsp3) is 0.273. The molecule has 0 radical (unpaired) electrons. The maximum Gasteiger partial charge on any atom is 0.586 e. The van der Waals surface area contributed by atoms with E-state index in [9.17, 15) is 18.4 Å². The molecular formula is C22H19F2N3O5. The van der Waals surface area contributed by atoms with E-state index >= 15 is 0 Å². The van der Waals surface area contributed by atoms with Gasteiger partial charge in [0.15, 0.2) is 11.5 Å². The Balaban J connectivity index is 1.28. The molecule has 0 bridgehead atoms. The van der Waals surface area contributed by atoms with E-state index < -0.39 is 6.29 Å². The number of H-pyrrole nitrogens is 1. The molecule has 2 aliphatic heterocycles. The van der Waals surface area contributed by atoms with Gasteiger partial charge in [0.1, 0.15) is 18.0 Å². The largest absolute Gasteiger partial charge is 0.586 e. The molecule has 3 heterocycles. The van der Waals surface area contributed by atoms with Crippen molar-refractivity contribution >= 4 is 22.7 Å². The Morgan fingerprint density at radius 3 is 2.81 bits per heavy atom. The van der Waals surface area contributed by atoms with Crippen LogP contribution in [0.15, 0.2) is 42.5 Å². The van der Waals surface area contributed by atoms with Crippen LogP contribution in [0.25, 0.3) is 10.9 Å². The SMILES string of the molecule is COc1ccc2[nH]c(C(=O)N3CCN(Cc4cccc5c4OC(F)(F)O5)C(=O)C3)cc2c1. The number of nitrogens with zero attached hydrogens (tertiary/aromatic N) is 2. The van der Waals surface area contributed by atoms with Crippen molar-refractivity contribution in [2.75, 3.05) is 26.7 Å². The number of fused-ring (bicyclic) bond motifs is 2. The first-order valence-electron chi connectivity index (χ1n) is 9.94. The molecule has 166 valence electrons. The third kappa shape index (κ3) is 3.57. The van der Waals surface area contributed by atoms with Gasteiger partial charge in [-0.2, -0.15) is 0 Å². The molecule has 32 heavy (non-hydrogen) atoms. The minimum atomic E-state index is -3.73. The summed E-state index contributed by atoms with van der Waals surface area (Å²) < 4.78 is 41.1. The maximum atomic E-state index is 13.4. The molecule has 1 N–H and O–H groups in total. The summed E-state index contributed by atoms with van der Waals surface area (Å²) in [5.41, 5.74) is 1.58. The van der Waals surface area contributed by atoms with Gasteiger partial charge in [0, 0.05) is 36.1 Å². The maximum absolute atomic E-state index is 13.4. The van der Waals surface area contributed by atoms with Crippen LogP contribution in [0.2, 0.25) is 0 Å². The van der Waals surface area contributed by atoms with E-state index in [1.54, 1.807) is 31.4 Å². The highest BCUT2D eigenvalue weighted by Crippen LogP contribution is 2.43. The average Bonchev–Trinajstić information content (AvgIpc) is 3.33. The molecule has 0 saturated carbocycles. The molecule has 10 heteroatoms. The predicted octanol–water partition coefficient (Wildman–Crippen LogP) is 2.98. The number of rotatable bonds is 4. The summed E-state index contributed by atoms with van der Waals surface area (Å²) >= 11 is 0. The van der Waals surface area contributed by atoms with E-state index in [1.165, 1.54) is 15.9 Å². The van der Waals surface area contributed by atoms with Crippen LogP contribution in [0.1, 0.15) is 16.1 Å². The van der Waals surface area contributed by atoms with Gasteiger partial charge in [-0.25, -0.2) is 0 Å². The second-order valence-electron chi connectivity index (χ2n) is 7.59. The second-order valence-corrected chi connectivity index (χ2v) is 7.59. The molecule has 1 fully saturated rings. The van der Waals surface area contributed by atoms with Crippen molar-refractivity contribution in [1.29, 1.82) is 0 Å². The summed E-state index contributed by atoms with van der Waals surface area (Å²) in [6.07, 6.45) is -3.73. The van der Waals surface area contributed by atoms with Crippen LogP contribution in [0, 0.1) is 0 Å². The fourth-order valence-electron chi connectivity index (χ4n) is 3.93. The third-order valence-corrected chi connectivity index (χ3v) is 5.54. The van der Waals surface area contributed by atoms with Crippen molar-refractivity contribution in [1.82, 2.24) is 14.8 Å². The minimum Gasteiger partial charge on any atom is -0.497 e. The van der Waals surface area contributed by atoms with Gasteiger partial charge < -0.3 is 29.0 Å². The number of methoxy groups -OCH3 is 1. The summed E-state index contributed by atoms with van der Waals surface area (Å²) in [7, 11) is 1.57. The zero-order chi connectivity index (χ0) is 22.5. The van der Waals surface area contributed by atoms with E-state index in [1.807, 2.05) is 12.1 Å². The molecule has 2 aromatic carbocycles. The third-order valence-electron chi connectivity index (χ3n) is 5.54. The van der Waals surface area contributed by atoms with Crippen LogP contribution in [0.3, 0.4) is 0 Å². The number of aromatic nitrogens is 1. The molecule has 0 unspecified atom stereocenters. The molecule has 0 spiro atoms. The Morgan fingerprint density at radius 2 is 2.03 bits per heavy atom. The number of carbonyl (C=O) groups excluding carboxylic acids is 2. The number of aromatic amines is 1. The van der Waals surface area contributed by atoms with Gasteiger partial charge in [0.2, 0.25) is 5.91 Å². The number of benzene rings is 2. The van der Waals surface area contributed by atoms with Crippen LogP contribution in [0.5, 0.6) is 17.2 Å². The number of ether oxygens (including phenoxy) is 3. The van der Waals surface area contributed by atoms with Crippen LogP contribution in [-0.2, 0) is 11.3 Å². The minimum absolute atomic E-state index is 0.0656. The van der Waals surface area contributed by atoms with Crippen molar-refractivity contribution in [2.24, 2.45) is 0 Å². The molecule has 1 aromatic heterocycles. The lowest BCUT2D eigenvalue weighted by Gasteiger charge is -2.34. The van der Waals surface area contributed by atoms with E-state index in [2.05, 4.69) is 14.5 Å². The molecule has 3 aromatic rings. The molecule has 0 atom stereocenters. The predicted molar refractivity (Wildman–Crippen MR) is 109 cm³/mol. The Morgan fingerprint density at radius 1 is 1.19 bits per heavy atom. The smallest absolute Gasteiger partial charge is 0.497 e. The van der Waals surface area contributed by atoms with Gasteiger partial charge >= 0.3 is 6.29 Å². The van der Waals surface area contributed by atoms with E-state index in [-0.39, 0.29) is 42.9 Å². The number of piperazine rings is 1. The highest BCUT2D eigenvalue weighted by molar-refractivity contribution is 6.00. The van der Waals surface area contributed by atoms with Crippen molar-refractivity contribution < 1.29 is 32.6 Å². The van der Waals surface area contributed by atoms with Gasteiger partial charge in [-0.05, 0) is 30.3 Å². The number of para-hydroxylation sites is 1. The Kier molecular flexibility index (Phi) is 4.65. The zero-order valence-electron chi connectivity index (χ0n) is 17.1. The van der Waals surface area contributed by atoms with Crippen molar-refractivity contribution in [3.8, 4) is 17.2 Å². The van der Waals surface area contributed by atoms with Crippen LogP contribution in [-0.4, -0.2) is 59.6 Å². The number of carbonyl (C=O) groups is 2. The molecule has 0 aliphatic carbocycles. The lowest BCUT2D eigenvalue weighted by Crippen LogP contribution is -2.51. The number of halogens is 2. The highest BCUT2D eigenvalue weighted by atomic mass is 19.3. The van der Waals surface area contributed by atoms with Gasteiger partial charge in [0.05, 0.1) is 7.11 Å². The summed E-state index contributed by atoms with van der Waals surface area (Å²) in [5, 5.41) is 0.828. The zero-order valence-corrected chi connectivity index (χ0v) is 17.1. The lowest BCUT2D eigenvalue weighted by molar-refractivity contribution is -0.287. The van der Waals surface area contributed by atoms with Crippen LogP contribution < -0.4 is 14.2 Å². The average molecular weight is 443 g/mol. The summed E-state index contributed by atoms with van der Waals surface area (Å²) in [4.78, 5) is 31.7. The lowest BCUT2D eigenvalue weighted by atomic mass is 10.1. The standard InChI is InChI=1S/C22H19F2N3O5/c1-30-15-5-6-16-14(9-15)10-17(25-16)21(29)27-8-7-26(19(28)12-27)11-13-3-2-4-18-20(13)32-22(23,24)31-18/h2-6,9-10,25H,7-8,11-12H2,1H3. The normalized spacial score (nSPS) is 17.2. The summed E-state index contributed by atoms with van der Waals surface area (Å²) in [6.45, 7) is 0.543. The van der Waals surface area contributed by atoms with Crippen LogP contribution in [0.4, 0.5) is 8.78 Å².